The summed E-state index contributed by atoms with van der Waals surface area (Å²) in [6, 6.07) is 6.46. The van der Waals surface area contributed by atoms with Crippen molar-refractivity contribution in [3.63, 3.8) is 0 Å². The van der Waals surface area contributed by atoms with Gasteiger partial charge in [0.1, 0.15) is 5.82 Å². The Morgan fingerprint density at radius 3 is 2.66 bits per heavy atom. The van der Waals surface area contributed by atoms with Crippen LogP contribution in [0, 0.1) is 40.3 Å². The van der Waals surface area contributed by atoms with E-state index in [0.29, 0.717) is 24.3 Å². The summed E-state index contributed by atoms with van der Waals surface area (Å²) >= 11 is 0. The van der Waals surface area contributed by atoms with Gasteiger partial charge in [0.15, 0.2) is 0 Å². The summed E-state index contributed by atoms with van der Waals surface area (Å²) in [6.45, 7) is 10.1. The zero-order valence-corrected chi connectivity index (χ0v) is 19.4. The summed E-state index contributed by atoms with van der Waals surface area (Å²) in [5.41, 5.74) is 11.2. The lowest BCUT2D eigenvalue weighted by molar-refractivity contribution is -0.0536. The van der Waals surface area contributed by atoms with Crippen LogP contribution in [0.25, 0.3) is 5.69 Å². The number of aliphatic hydroxyl groups is 1. The zero-order chi connectivity index (χ0) is 22.7. The molecule has 1 aromatic heterocycles. The van der Waals surface area contributed by atoms with Crippen LogP contribution in [-0.4, -0.2) is 28.0 Å². The first kappa shape index (κ1) is 21.8. The molecule has 4 nitrogen and oxygen atoms in total. The molecule has 0 spiro atoms. The minimum atomic E-state index is -0.245. The highest BCUT2D eigenvalue weighted by Crippen LogP contribution is 2.62. The number of allylic oxidation sites excluding steroid dienone is 1. The average Bonchev–Trinajstić information content (AvgIpc) is 3.32. The first-order valence-corrected chi connectivity index (χ1v) is 12.1. The van der Waals surface area contributed by atoms with Crippen LogP contribution in [0.1, 0.15) is 50.8 Å². The lowest BCUT2D eigenvalue weighted by atomic mass is 9.49. The van der Waals surface area contributed by atoms with Crippen molar-refractivity contribution in [3.05, 3.63) is 59.7 Å². The number of hydrogen-bond acceptors (Lipinski definition) is 3. The fraction of sp³-hybridized carbons (Fsp3) is 0.593. The van der Waals surface area contributed by atoms with Crippen LogP contribution in [-0.2, 0) is 12.8 Å². The molecule has 2 fully saturated rings. The van der Waals surface area contributed by atoms with Gasteiger partial charge in [-0.1, -0.05) is 26.0 Å². The number of rotatable bonds is 4. The van der Waals surface area contributed by atoms with Gasteiger partial charge in [-0.15, -0.1) is 0 Å². The van der Waals surface area contributed by atoms with Crippen LogP contribution in [0.15, 0.2) is 42.6 Å². The molecular formula is C27H36FN3O. The van der Waals surface area contributed by atoms with Crippen LogP contribution in [0.4, 0.5) is 4.39 Å². The Bertz CT molecular complexity index is 1010. The molecule has 0 amide bonds. The molecule has 32 heavy (non-hydrogen) atoms. The van der Waals surface area contributed by atoms with Crippen molar-refractivity contribution >= 4 is 0 Å². The van der Waals surface area contributed by atoms with Gasteiger partial charge in [-0.3, -0.25) is 0 Å². The van der Waals surface area contributed by atoms with E-state index in [2.05, 4.69) is 26.6 Å². The zero-order valence-electron chi connectivity index (χ0n) is 19.4. The van der Waals surface area contributed by atoms with Gasteiger partial charge in [0, 0.05) is 12.8 Å². The molecule has 1 aromatic carbocycles. The second kappa shape index (κ2) is 7.81. The smallest absolute Gasteiger partial charge is 0.123 e. The van der Waals surface area contributed by atoms with Gasteiger partial charge >= 0.3 is 0 Å². The quantitative estimate of drug-likeness (QED) is 0.683. The second-order valence-corrected chi connectivity index (χ2v) is 11.0. The van der Waals surface area contributed by atoms with Crippen LogP contribution in [0.2, 0.25) is 0 Å². The number of aliphatic hydroxyl groups excluding tert-OH is 1. The molecule has 3 N–H and O–H groups in total. The molecule has 5 heteroatoms. The number of nitrogens with zero attached hydrogens (tertiary/aromatic N) is 2. The maximum Gasteiger partial charge on any atom is 0.123 e. The van der Waals surface area contributed by atoms with Gasteiger partial charge in [-0.25, -0.2) is 9.07 Å². The monoisotopic (exact) mass is 437 g/mol. The highest BCUT2D eigenvalue weighted by Gasteiger charge is 2.56. The summed E-state index contributed by atoms with van der Waals surface area (Å²) in [6.07, 6.45) is 8.42. The highest BCUT2D eigenvalue weighted by atomic mass is 19.1. The molecule has 0 saturated heterocycles. The number of aromatic nitrogens is 2. The minimum Gasteiger partial charge on any atom is -0.396 e. The molecule has 1 heterocycles. The van der Waals surface area contributed by atoms with Crippen molar-refractivity contribution in [1.29, 1.82) is 0 Å². The van der Waals surface area contributed by atoms with Crippen molar-refractivity contribution in [2.45, 2.75) is 52.4 Å². The standard InChI is InChI=1S/C27H36FN3O/c1-17-4-9-23-22(14-29)24(10-11-26(17,23)2)27(3)13-18-15-31(21-7-5-20(28)6-8-21)30-25(18)12-19(27)16-32/h5-8,15,19,22-24,32H,1,4,9-14,16,29H2,2-3H3/t19-,22+,23+,24+,26-,27-/m1/s1. The molecule has 3 aliphatic carbocycles. The normalized spacial score (nSPS) is 36.7. The maximum absolute atomic E-state index is 13.4. The molecule has 2 aromatic rings. The predicted octanol–water partition coefficient (Wildman–Crippen LogP) is 4.68. The molecule has 0 aliphatic heterocycles. The Hall–Kier alpha value is -1.98. The molecule has 172 valence electrons. The summed E-state index contributed by atoms with van der Waals surface area (Å²) < 4.78 is 15.2. The van der Waals surface area contributed by atoms with Crippen molar-refractivity contribution < 1.29 is 9.50 Å². The predicted molar refractivity (Wildman–Crippen MR) is 125 cm³/mol. The van der Waals surface area contributed by atoms with E-state index in [9.17, 15) is 9.50 Å². The largest absolute Gasteiger partial charge is 0.396 e. The van der Waals surface area contributed by atoms with Gasteiger partial charge in [0.2, 0.25) is 0 Å². The van der Waals surface area contributed by atoms with E-state index in [-0.39, 0.29) is 29.2 Å². The van der Waals surface area contributed by atoms with Crippen molar-refractivity contribution in [2.24, 2.45) is 40.2 Å². The van der Waals surface area contributed by atoms with Crippen molar-refractivity contribution in [1.82, 2.24) is 9.78 Å². The topological polar surface area (TPSA) is 64.1 Å². The third kappa shape index (κ3) is 3.19. The van der Waals surface area contributed by atoms with E-state index < -0.39 is 0 Å². The Morgan fingerprint density at radius 2 is 1.97 bits per heavy atom. The van der Waals surface area contributed by atoms with Gasteiger partial charge < -0.3 is 10.8 Å². The maximum atomic E-state index is 13.4. The molecular weight excluding hydrogens is 401 g/mol. The van der Waals surface area contributed by atoms with Crippen LogP contribution < -0.4 is 5.73 Å². The Kier molecular flexibility index (Phi) is 5.33. The van der Waals surface area contributed by atoms with Gasteiger partial charge in [-0.05, 0) is 109 Å². The summed E-state index contributed by atoms with van der Waals surface area (Å²) in [4.78, 5) is 0. The summed E-state index contributed by atoms with van der Waals surface area (Å²) in [5, 5.41) is 15.3. The van der Waals surface area contributed by atoms with Crippen LogP contribution in [0.3, 0.4) is 0 Å². The fourth-order valence-electron chi connectivity index (χ4n) is 7.56. The van der Waals surface area contributed by atoms with E-state index in [0.717, 1.165) is 37.1 Å². The SMILES string of the molecule is C=C1CC[C@H]2[C@H](CN)[C@@H]([C@]3(C)Cc4cn(-c5ccc(F)cc5)nc4C[C@@H]3CO)CC[C@]12C. The van der Waals surface area contributed by atoms with Crippen molar-refractivity contribution in [3.8, 4) is 5.69 Å². The number of benzene rings is 1. The molecule has 5 rings (SSSR count). The van der Waals surface area contributed by atoms with E-state index in [1.165, 1.54) is 36.1 Å². The van der Waals surface area contributed by atoms with Crippen LogP contribution in [0.5, 0.6) is 0 Å². The van der Waals surface area contributed by atoms with Gasteiger partial charge in [-0.2, -0.15) is 5.10 Å². The fourth-order valence-corrected chi connectivity index (χ4v) is 7.56. The van der Waals surface area contributed by atoms with E-state index in [4.69, 9.17) is 10.8 Å². The molecule has 6 atom stereocenters. The van der Waals surface area contributed by atoms with E-state index in [1.807, 2.05) is 4.68 Å². The lowest BCUT2D eigenvalue weighted by Gasteiger charge is -2.55. The molecule has 2 saturated carbocycles. The lowest BCUT2D eigenvalue weighted by Crippen LogP contribution is -2.53. The van der Waals surface area contributed by atoms with E-state index in [1.54, 1.807) is 12.1 Å². The first-order valence-electron chi connectivity index (χ1n) is 12.1. The van der Waals surface area contributed by atoms with Crippen LogP contribution >= 0.6 is 0 Å². The highest BCUT2D eigenvalue weighted by molar-refractivity contribution is 5.35. The molecule has 0 bridgehead atoms. The summed E-state index contributed by atoms with van der Waals surface area (Å²) in [5.74, 6) is 1.46. The Labute approximate surface area is 190 Å². The second-order valence-electron chi connectivity index (χ2n) is 11.0. The van der Waals surface area contributed by atoms with E-state index >= 15 is 0 Å². The first-order chi connectivity index (χ1) is 15.3. The Morgan fingerprint density at radius 1 is 1.22 bits per heavy atom. The molecule has 0 unspecified atom stereocenters. The van der Waals surface area contributed by atoms with Gasteiger partial charge in [0.25, 0.3) is 0 Å². The van der Waals surface area contributed by atoms with Gasteiger partial charge in [0.05, 0.1) is 11.4 Å². The van der Waals surface area contributed by atoms with Crippen molar-refractivity contribution in [2.75, 3.05) is 13.2 Å². The number of hydrogen-bond donors (Lipinski definition) is 2. The molecule has 3 aliphatic rings. The number of nitrogens with two attached hydrogens (primary N) is 1. The average molecular weight is 438 g/mol. The summed E-state index contributed by atoms with van der Waals surface area (Å²) in [7, 11) is 0. The minimum absolute atomic E-state index is 0.0201. The molecule has 0 radical (unpaired) electrons. The third-order valence-corrected chi connectivity index (χ3v) is 9.64. The number of halogens is 1. The Balaban J connectivity index is 1.48. The number of fused-ring (bicyclic) bond motifs is 2. The third-order valence-electron chi connectivity index (χ3n) is 9.64.